The Bertz CT molecular complexity index is 778. The van der Waals surface area contributed by atoms with Crippen molar-refractivity contribution in [1.82, 2.24) is 0 Å². The first-order chi connectivity index (χ1) is 11.1. The van der Waals surface area contributed by atoms with E-state index in [0.29, 0.717) is 5.02 Å². The number of carbonyl (C=O) groups is 2. The van der Waals surface area contributed by atoms with Gasteiger partial charge in [-0.2, -0.15) is 0 Å². The maximum Gasteiger partial charge on any atom is 0.306 e. The third kappa shape index (κ3) is 3.21. The number of carbonyl (C=O) groups excluding carboxylic acids is 2. The molecular formula is C17H14ClNO3S. The molecule has 0 unspecified atom stereocenters. The van der Waals surface area contributed by atoms with Crippen molar-refractivity contribution in [2.45, 2.75) is 22.6 Å². The Hall–Kier alpha value is -1.98. The number of benzene rings is 2. The van der Waals surface area contributed by atoms with Crippen LogP contribution in [0.25, 0.3) is 0 Å². The largest absolute Gasteiger partial charge is 0.469 e. The smallest absolute Gasteiger partial charge is 0.306 e. The lowest BCUT2D eigenvalue weighted by Gasteiger charge is -2.31. The quantitative estimate of drug-likeness (QED) is 0.771. The zero-order valence-electron chi connectivity index (χ0n) is 12.4. The first kappa shape index (κ1) is 15.9. The van der Waals surface area contributed by atoms with E-state index in [-0.39, 0.29) is 18.7 Å². The molecule has 0 N–H and O–H groups in total. The average molecular weight is 348 g/mol. The van der Waals surface area contributed by atoms with E-state index >= 15 is 0 Å². The molecule has 0 aliphatic carbocycles. The number of para-hydroxylation sites is 1. The third-order valence-electron chi connectivity index (χ3n) is 3.51. The van der Waals surface area contributed by atoms with E-state index < -0.39 is 5.97 Å². The van der Waals surface area contributed by atoms with E-state index in [1.54, 1.807) is 28.8 Å². The van der Waals surface area contributed by atoms with Crippen LogP contribution in [0.4, 0.5) is 11.4 Å². The van der Waals surface area contributed by atoms with Crippen molar-refractivity contribution in [2.24, 2.45) is 0 Å². The normalized spacial score (nSPS) is 12.3. The molecule has 4 nitrogen and oxygen atoms in total. The molecule has 2 aromatic carbocycles. The van der Waals surface area contributed by atoms with Crippen LogP contribution in [0.5, 0.6) is 0 Å². The number of hydrogen-bond donors (Lipinski definition) is 0. The van der Waals surface area contributed by atoms with Gasteiger partial charge in [-0.25, -0.2) is 0 Å². The molecule has 23 heavy (non-hydrogen) atoms. The second kappa shape index (κ2) is 6.64. The molecule has 2 aromatic rings. The molecule has 3 rings (SSSR count). The summed E-state index contributed by atoms with van der Waals surface area (Å²) in [7, 11) is 1.31. The molecule has 0 bridgehead atoms. The monoisotopic (exact) mass is 347 g/mol. The molecule has 0 saturated carbocycles. The lowest BCUT2D eigenvalue weighted by molar-refractivity contribution is -0.141. The Balaban J connectivity index is 1.99. The van der Waals surface area contributed by atoms with Gasteiger partial charge in [0.1, 0.15) is 0 Å². The highest BCUT2D eigenvalue weighted by atomic mass is 35.5. The highest BCUT2D eigenvalue weighted by Gasteiger charge is 2.28. The number of halogens is 1. The summed E-state index contributed by atoms with van der Waals surface area (Å²) in [5.74, 6) is -0.559. The number of methoxy groups -OCH3 is 1. The van der Waals surface area contributed by atoms with Gasteiger partial charge in [0, 0.05) is 21.2 Å². The minimum Gasteiger partial charge on any atom is -0.469 e. The van der Waals surface area contributed by atoms with Crippen LogP contribution in [-0.4, -0.2) is 19.0 Å². The van der Waals surface area contributed by atoms with Crippen molar-refractivity contribution < 1.29 is 14.3 Å². The Kier molecular flexibility index (Phi) is 4.59. The summed E-state index contributed by atoms with van der Waals surface area (Å²) in [6, 6.07) is 13.2. The molecule has 1 heterocycles. The van der Waals surface area contributed by atoms with E-state index in [2.05, 4.69) is 4.74 Å². The second-order valence-electron chi connectivity index (χ2n) is 4.99. The third-order valence-corrected chi connectivity index (χ3v) is 4.87. The molecule has 0 radical (unpaired) electrons. The van der Waals surface area contributed by atoms with Crippen molar-refractivity contribution in [3.05, 3.63) is 47.5 Å². The van der Waals surface area contributed by atoms with E-state index in [4.69, 9.17) is 11.6 Å². The molecule has 0 fully saturated rings. The summed E-state index contributed by atoms with van der Waals surface area (Å²) >= 11 is 7.70. The fourth-order valence-corrected chi connectivity index (χ4v) is 3.62. The standard InChI is InChI=1S/C17H14ClNO3S/c1-22-17(21)9-8-16(20)19-12-4-2-3-5-14(12)23-15-7-6-11(18)10-13(15)19/h2-7,10H,8-9H2,1H3. The predicted molar refractivity (Wildman–Crippen MR) is 90.4 cm³/mol. The van der Waals surface area contributed by atoms with Crippen LogP contribution in [0.15, 0.2) is 52.3 Å². The topological polar surface area (TPSA) is 46.6 Å². The Morgan fingerprint density at radius 2 is 1.83 bits per heavy atom. The highest BCUT2D eigenvalue weighted by molar-refractivity contribution is 7.99. The maximum atomic E-state index is 12.7. The molecular weight excluding hydrogens is 334 g/mol. The number of esters is 1. The van der Waals surface area contributed by atoms with Crippen molar-refractivity contribution in [3.63, 3.8) is 0 Å². The Morgan fingerprint density at radius 1 is 1.09 bits per heavy atom. The van der Waals surface area contributed by atoms with Gasteiger partial charge in [-0.3, -0.25) is 14.5 Å². The van der Waals surface area contributed by atoms with Crippen LogP contribution in [0, 0.1) is 0 Å². The molecule has 1 aliphatic heterocycles. The first-order valence-electron chi connectivity index (χ1n) is 7.06. The SMILES string of the molecule is COC(=O)CCC(=O)N1c2ccccc2Sc2ccc(Cl)cc21. The summed E-state index contributed by atoms with van der Waals surface area (Å²) in [4.78, 5) is 27.6. The van der Waals surface area contributed by atoms with Crippen molar-refractivity contribution >= 4 is 46.6 Å². The van der Waals surface area contributed by atoms with Gasteiger partial charge < -0.3 is 4.74 Å². The molecule has 0 aromatic heterocycles. The zero-order valence-corrected chi connectivity index (χ0v) is 14.0. The van der Waals surface area contributed by atoms with Gasteiger partial charge in [0.15, 0.2) is 0 Å². The number of nitrogens with zero attached hydrogens (tertiary/aromatic N) is 1. The minimum absolute atomic E-state index is 0.0526. The zero-order chi connectivity index (χ0) is 16.4. The molecule has 0 spiro atoms. The number of rotatable bonds is 3. The lowest BCUT2D eigenvalue weighted by atomic mass is 10.2. The van der Waals surface area contributed by atoms with Gasteiger partial charge in [0.05, 0.1) is 24.9 Å². The van der Waals surface area contributed by atoms with E-state index in [0.717, 1.165) is 21.2 Å². The number of hydrogen-bond acceptors (Lipinski definition) is 4. The van der Waals surface area contributed by atoms with Crippen LogP contribution in [0.3, 0.4) is 0 Å². The predicted octanol–water partition coefficient (Wildman–Crippen LogP) is 4.42. The van der Waals surface area contributed by atoms with Gasteiger partial charge >= 0.3 is 5.97 Å². The lowest BCUT2D eigenvalue weighted by Crippen LogP contribution is -2.28. The number of fused-ring (bicyclic) bond motifs is 2. The van der Waals surface area contributed by atoms with Gasteiger partial charge in [-0.15, -0.1) is 0 Å². The van der Waals surface area contributed by atoms with Crippen molar-refractivity contribution in [2.75, 3.05) is 12.0 Å². The summed E-state index contributed by atoms with van der Waals surface area (Å²) in [6.45, 7) is 0. The number of anilines is 2. The number of amides is 1. The van der Waals surface area contributed by atoms with Crippen LogP contribution in [0.1, 0.15) is 12.8 Å². The maximum absolute atomic E-state index is 12.7. The van der Waals surface area contributed by atoms with E-state index in [1.165, 1.54) is 7.11 Å². The van der Waals surface area contributed by atoms with Gasteiger partial charge in [-0.05, 0) is 30.3 Å². The molecule has 6 heteroatoms. The Morgan fingerprint density at radius 3 is 2.61 bits per heavy atom. The fourth-order valence-electron chi connectivity index (χ4n) is 2.42. The fraction of sp³-hybridized carbons (Fsp3) is 0.176. The molecule has 1 amide bonds. The number of ether oxygens (including phenoxy) is 1. The van der Waals surface area contributed by atoms with Crippen molar-refractivity contribution in [3.8, 4) is 0 Å². The average Bonchev–Trinajstić information content (AvgIpc) is 2.57. The minimum atomic E-state index is -0.399. The van der Waals surface area contributed by atoms with Crippen LogP contribution in [-0.2, 0) is 14.3 Å². The Labute approximate surface area is 143 Å². The van der Waals surface area contributed by atoms with E-state index in [1.807, 2.05) is 30.3 Å². The second-order valence-corrected chi connectivity index (χ2v) is 6.51. The van der Waals surface area contributed by atoms with Gasteiger partial charge in [0.2, 0.25) is 5.91 Å². The first-order valence-corrected chi connectivity index (χ1v) is 8.26. The summed E-state index contributed by atoms with van der Waals surface area (Å²) < 4.78 is 4.61. The van der Waals surface area contributed by atoms with E-state index in [9.17, 15) is 9.59 Å². The summed E-state index contributed by atoms with van der Waals surface area (Å²) in [5, 5.41) is 0.564. The van der Waals surface area contributed by atoms with Gasteiger partial charge in [-0.1, -0.05) is 35.5 Å². The molecule has 1 aliphatic rings. The highest BCUT2D eigenvalue weighted by Crippen LogP contribution is 2.48. The summed E-state index contributed by atoms with van der Waals surface area (Å²) in [5.41, 5.74) is 1.55. The molecule has 0 saturated heterocycles. The summed E-state index contributed by atoms with van der Waals surface area (Å²) in [6.07, 6.45) is 0.134. The molecule has 118 valence electrons. The van der Waals surface area contributed by atoms with Crippen molar-refractivity contribution in [1.29, 1.82) is 0 Å². The van der Waals surface area contributed by atoms with Gasteiger partial charge in [0.25, 0.3) is 0 Å². The van der Waals surface area contributed by atoms with Crippen LogP contribution < -0.4 is 4.90 Å². The molecule has 0 atom stereocenters. The van der Waals surface area contributed by atoms with Crippen LogP contribution in [0.2, 0.25) is 5.02 Å². The van der Waals surface area contributed by atoms with Crippen LogP contribution >= 0.6 is 23.4 Å².